The Kier molecular flexibility index (Phi) is 2.26. The second kappa shape index (κ2) is 3.81. The molecular formula is C15H18N4O. The van der Waals surface area contributed by atoms with Crippen LogP contribution in [0.25, 0.3) is 11.2 Å². The topological polar surface area (TPSA) is 63.6 Å². The predicted molar refractivity (Wildman–Crippen MR) is 76.2 cm³/mol. The fourth-order valence-corrected chi connectivity index (χ4v) is 3.86. The van der Waals surface area contributed by atoms with Crippen molar-refractivity contribution in [2.75, 3.05) is 0 Å². The van der Waals surface area contributed by atoms with Crippen molar-refractivity contribution in [1.29, 1.82) is 0 Å². The molecule has 104 valence electrons. The molecule has 5 heteroatoms. The molecule has 2 aromatic heterocycles. The van der Waals surface area contributed by atoms with E-state index in [2.05, 4.69) is 34.9 Å². The zero-order chi connectivity index (χ0) is 13.9. The Labute approximate surface area is 116 Å². The molecule has 0 aromatic carbocycles. The number of fused-ring (bicyclic) bond motifs is 2. The average Bonchev–Trinajstić information content (AvgIpc) is 2.83. The quantitative estimate of drug-likeness (QED) is 0.850. The van der Waals surface area contributed by atoms with Gasteiger partial charge in [0, 0.05) is 6.54 Å². The third-order valence-corrected chi connectivity index (χ3v) is 5.34. The lowest BCUT2D eigenvalue weighted by Gasteiger charge is -2.56. The highest BCUT2D eigenvalue weighted by atomic mass is 16.1. The largest absolute Gasteiger partial charge is 0.311 e. The minimum atomic E-state index is -0.171. The van der Waals surface area contributed by atoms with Gasteiger partial charge in [0.1, 0.15) is 0 Å². The first kappa shape index (κ1) is 11.9. The molecule has 3 aliphatic carbocycles. The second-order valence-corrected chi connectivity index (χ2v) is 6.60. The number of rotatable bonds is 2. The molecule has 0 spiro atoms. The Hall–Kier alpha value is -1.91. The number of H-pyrrole nitrogens is 1. The minimum absolute atomic E-state index is 0.171. The second-order valence-electron chi connectivity index (χ2n) is 6.60. The standard InChI is InChI=1S/C15H18N4O/c1-15(2)10-4-3-9(11(15)5-10)6-19-8-18-12-13(19)16-7-17-14(12)20/h3,7-8,10-11H,4-6H2,1-2H3,(H,16,17,20). The van der Waals surface area contributed by atoms with Crippen LogP contribution >= 0.6 is 0 Å². The Balaban J connectivity index is 1.71. The Morgan fingerprint density at radius 1 is 1.45 bits per heavy atom. The first-order valence-electron chi connectivity index (χ1n) is 7.15. The van der Waals surface area contributed by atoms with Gasteiger partial charge < -0.3 is 9.55 Å². The molecule has 20 heavy (non-hydrogen) atoms. The molecule has 0 amide bonds. The summed E-state index contributed by atoms with van der Waals surface area (Å²) in [5.74, 6) is 1.51. The summed E-state index contributed by atoms with van der Waals surface area (Å²) >= 11 is 0. The van der Waals surface area contributed by atoms with Gasteiger partial charge in [-0.25, -0.2) is 9.97 Å². The van der Waals surface area contributed by atoms with E-state index in [1.807, 2.05) is 4.57 Å². The van der Waals surface area contributed by atoms with Crippen molar-refractivity contribution in [1.82, 2.24) is 19.5 Å². The first-order valence-corrected chi connectivity index (χ1v) is 7.15. The van der Waals surface area contributed by atoms with Gasteiger partial charge in [-0.05, 0) is 30.1 Å². The maximum atomic E-state index is 11.7. The summed E-state index contributed by atoms with van der Waals surface area (Å²) in [6.45, 7) is 5.54. The summed E-state index contributed by atoms with van der Waals surface area (Å²) in [5.41, 5.74) is 2.82. The van der Waals surface area contributed by atoms with Gasteiger partial charge in [0.2, 0.25) is 0 Å². The summed E-state index contributed by atoms with van der Waals surface area (Å²) in [6, 6.07) is 0. The summed E-state index contributed by atoms with van der Waals surface area (Å²) < 4.78 is 1.99. The lowest BCUT2D eigenvalue weighted by Crippen LogP contribution is -2.48. The van der Waals surface area contributed by atoms with E-state index in [9.17, 15) is 4.79 Å². The minimum Gasteiger partial charge on any atom is -0.311 e. The molecule has 0 radical (unpaired) electrons. The molecule has 2 aromatic rings. The number of hydrogen-bond donors (Lipinski definition) is 1. The van der Waals surface area contributed by atoms with Crippen molar-refractivity contribution >= 4 is 11.2 Å². The Morgan fingerprint density at radius 2 is 2.30 bits per heavy atom. The maximum Gasteiger partial charge on any atom is 0.278 e. The summed E-state index contributed by atoms with van der Waals surface area (Å²) in [7, 11) is 0. The zero-order valence-corrected chi connectivity index (χ0v) is 11.8. The van der Waals surface area contributed by atoms with Crippen LogP contribution in [0.5, 0.6) is 0 Å². The van der Waals surface area contributed by atoms with E-state index in [-0.39, 0.29) is 5.56 Å². The maximum absolute atomic E-state index is 11.7. The van der Waals surface area contributed by atoms with Gasteiger partial charge in [0.25, 0.3) is 5.56 Å². The van der Waals surface area contributed by atoms with E-state index in [0.29, 0.717) is 22.5 Å². The van der Waals surface area contributed by atoms with Crippen LogP contribution in [0.15, 0.2) is 29.1 Å². The molecule has 5 nitrogen and oxygen atoms in total. The molecule has 1 fully saturated rings. The first-order chi connectivity index (χ1) is 9.57. The Bertz CT molecular complexity index is 768. The van der Waals surface area contributed by atoms with Gasteiger partial charge in [-0.15, -0.1) is 0 Å². The SMILES string of the molecule is CC1(C)C2CC=C(Cn3cnc4c(=O)[nH]cnc43)C1C2. The predicted octanol–water partition coefficient (Wildman–Crippen LogP) is 2.11. The van der Waals surface area contributed by atoms with Crippen molar-refractivity contribution in [3.8, 4) is 0 Å². The van der Waals surface area contributed by atoms with E-state index < -0.39 is 0 Å². The molecule has 0 saturated heterocycles. The molecule has 2 bridgehead atoms. The van der Waals surface area contributed by atoms with Gasteiger partial charge in [0.15, 0.2) is 11.2 Å². The lowest BCUT2D eigenvalue weighted by molar-refractivity contribution is -0.00887. The number of hydrogen-bond acceptors (Lipinski definition) is 3. The molecule has 0 aliphatic heterocycles. The highest BCUT2D eigenvalue weighted by molar-refractivity contribution is 5.68. The lowest BCUT2D eigenvalue weighted by atomic mass is 9.49. The molecule has 3 aliphatic rings. The number of nitrogens with one attached hydrogen (secondary N) is 1. The fourth-order valence-electron chi connectivity index (χ4n) is 3.86. The van der Waals surface area contributed by atoms with Gasteiger partial charge >= 0.3 is 0 Å². The van der Waals surface area contributed by atoms with Crippen molar-refractivity contribution in [3.63, 3.8) is 0 Å². The number of allylic oxidation sites excluding steroid dienone is 2. The van der Waals surface area contributed by atoms with Gasteiger partial charge in [0.05, 0.1) is 12.7 Å². The number of aromatic amines is 1. The zero-order valence-electron chi connectivity index (χ0n) is 11.8. The number of aromatic nitrogens is 4. The molecular weight excluding hydrogens is 252 g/mol. The van der Waals surface area contributed by atoms with Crippen LogP contribution in [-0.4, -0.2) is 19.5 Å². The van der Waals surface area contributed by atoms with Crippen LogP contribution in [0.2, 0.25) is 0 Å². The van der Waals surface area contributed by atoms with Crippen molar-refractivity contribution in [2.24, 2.45) is 17.3 Å². The van der Waals surface area contributed by atoms with Gasteiger partial charge in [-0.2, -0.15) is 0 Å². The summed E-state index contributed by atoms with van der Waals surface area (Å²) in [5, 5.41) is 0. The van der Waals surface area contributed by atoms with E-state index in [1.165, 1.54) is 24.7 Å². The van der Waals surface area contributed by atoms with Crippen molar-refractivity contribution in [2.45, 2.75) is 33.2 Å². The van der Waals surface area contributed by atoms with Crippen LogP contribution < -0.4 is 5.56 Å². The number of nitrogens with zero attached hydrogens (tertiary/aromatic N) is 3. The van der Waals surface area contributed by atoms with Gasteiger partial charge in [-0.1, -0.05) is 25.5 Å². The third kappa shape index (κ3) is 1.46. The van der Waals surface area contributed by atoms with Crippen LogP contribution in [0.4, 0.5) is 0 Å². The fraction of sp³-hybridized carbons (Fsp3) is 0.533. The highest BCUT2D eigenvalue weighted by Crippen LogP contribution is 2.59. The number of imidazole rings is 1. The third-order valence-electron chi connectivity index (χ3n) is 5.34. The van der Waals surface area contributed by atoms with E-state index in [4.69, 9.17) is 0 Å². The van der Waals surface area contributed by atoms with Crippen LogP contribution in [0.3, 0.4) is 0 Å². The molecule has 2 atom stereocenters. The van der Waals surface area contributed by atoms with Crippen LogP contribution in [-0.2, 0) is 6.54 Å². The Morgan fingerprint density at radius 3 is 3.05 bits per heavy atom. The molecule has 1 N–H and O–H groups in total. The van der Waals surface area contributed by atoms with Crippen molar-refractivity contribution < 1.29 is 0 Å². The molecule has 1 saturated carbocycles. The van der Waals surface area contributed by atoms with Crippen molar-refractivity contribution in [3.05, 3.63) is 34.7 Å². The normalized spacial score (nSPS) is 27.2. The molecule has 2 unspecified atom stereocenters. The summed E-state index contributed by atoms with van der Waals surface area (Å²) in [6.07, 6.45) is 8.04. The molecule has 5 rings (SSSR count). The summed E-state index contributed by atoms with van der Waals surface area (Å²) in [4.78, 5) is 22.7. The monoisotopic (exact) mass is 270 g/mol. The van der Waals surface area contributed by atoms with Crippen LogP contribution in [0.1, 0.15) is 26.7 Å². The van der Waals surface area contributed by atoms with E-state index in [0.717, 1.165) is 12.5 Å². The van der Waals surface area contributed by atoms with E-state index >= 15 is 0 Å². The van der Waals surface area contributed by atoms with Crippen LogP contribution in [0, 0.1) is 17.3 Å². The smallest absolute Gasteiger partial charge is 0.278 e. The molecule has 2 heterocycles. The average molecular weight is 270 g/mol. The van der Waals surface area contributed by atoms with Gasteiger partial charge in [-0.3, -0.25) is 4.79 Å². The highest BCUT2D eigenvalue weighted by Gasteiger charge is 2.50. The van der Waals surface area contributed by atoms with E-state index in [1.54, 1.807) is 6.33 Å².